The van der Waals surface area contributed by atoms with Crippen molar-refractivity contribution in [3.05, 3.63) is 41.1 Å². The first kappa shape index (κ1) is 11.5. The van der Waals surface area contributed by atoms with Crippen LogP contribution in [0.2, 0.25) is 0 Å². The standard InChI is InChI=1S/C13H16N4/c1-8-4-5-11(6-9(8)2)12-7-10(3)15-13(16-12)17-14/h4-7H,14H2,1-3H3,(H,15,16,17). The minimum absolute atomic E-state index is 0.443. The highest BCUT2D eigenvalue weighted by molar-refractivity contribution is 5.62. The normalized spacial score (nSPS) is 10.4. The van der Waals surface area contributed by atoms with Crippen molar-refractivity contribution in [3.63, 3.8) is 0 Å². The minimum atomic E-state index is 0.443. The number of nitrogens with two attached hydrogens (primary N) is 1. The smallest absolute Gasteiger partial charge is 0.237 e. The van der Waals surface area contributed by atoms with E-state index in [-0.39, 0.29) is 0 Å². The maximum atomic E-state index is 5.34. The average molecular weight is 228 g/mol. The Morgan fingerprint density at radius 3 is 2.41 bits per heavy atom. The molecular formula is C13H16N4. The van der Waals surface area contributed by atoms with Crippen LogP contribution in [0, 0.1) is 20.8 Å². The van der Waals surface area contributed by atoms with Crippen LogP contribution in [0.1, 0.15) is 16.8 Å². The fourth-order valence-corrected chi connectivity index (χ4v) is 1.68. The topological polar surface area (TPSA) is 63.8 Å². The van der Waals surface area contributed by atoms with Crippen molar-refractivity contribution in [2.45, 2.75) is 20.8 Å². The molecule has 0 aliphatic carbocycles. The molecule has 0 aliphatic rings. The van der Waals surface area contributed by atoms with E-state index >= 15 is 0 Å². The Balaban J connectivity index is 2.52. The van der Waals surface area contributed by atoms with Crippen molar-refractivity contribution < 1.29 is 0 Å². The van der Waals surface area contributed by atoms with Gasteiger partial charge in [-0.3, -0.25) is 5.43 Å². The van der Waals surface area contributed by atoms with E-state index in [1.54, 1.807) is 0 Å². The summed E-state index contributed by atoms with van der Waals surface area (Å²) < 4.78 is 0. The molecule has 0 saturated carbocycles. The summed E-state index contributed by atoms with van der Waals surface area (Å²) >= 11 is 0. The number of hydrogen-bond donors (Lipinski definition) is 2. The number of nitrogens with zero attached hydrogens (tertiary/aromatic N) is 2. The molecule has 1 heterocycles. The number of rotatable bonds is 2. The van der Waals surface area contributed by atoms with Gasteiger partial charge in [0.15, 0.2) is 0 Å². The molecule has 1 aromatic heterocycles. The number of hydrogen-bond acceptors (Lipinski definition) is 4. The molecule has 88 valence electrons. The van der Waals surface area contributed by atoms with Crippen molar-refractivity contribution in [1.82, 2.24) is 9.97 Å². The average Bonchev–Trinajstić information content (AvgIpc) is 2.32. The lowest BCUT2D eigenvalue weighted by Crippen LogP contribution is -2.11. The van der Waals surface area contributed by atoms with Gasteiger partial charge in [0.2, 0.25) is 5.95 Å². The van der Waals surface area contributed by atoms with Crippen LogP contribution >= 0.6 is 0 Å². The van der Waals surface area contributed by atoms with Gasteiger partial charge in [0, 0.05) is 11.3 Å². The van der Waals surface area contributed by atoms with Crippen LogP contribution in [-0.2, 0) is 0 Å². The monoisotopic (exact) mass is 228 g/mol. The Kier molecular flexibility index (Phi) is 3.06. The predicted octanol–water partition coefficient (Wildman–Crippen LogP) is 2.35. The second-order valence-corrected chi connectivity index (χ2v) is 4.16. The third-order valence-corrected chi connectivity index (χ3v) is 2.79. The molecule has 4 heteroatoms. The van der Waals surface area contributed by atoms with Crippen LogP contribution in [0.4, 0.5) is 5.95 Å². The Bertz CT molecular complexity index is 549. The third kappa shape index (κ3) is 2.42. The molecule has 0 saturated heterocycles. The predicted molar refractivity (Wildman–Crippen MR) is 69.5 cm³/mol. The Hall–Kier alpha value is -1.94. The van der Waals surface area contributed by atoms with E-state index in [4.69, 9.17) is 5.84 Å². The van der Waals surface area contributed by atoms with Crippen LogP contribution in [0.3, 0.4) is 0 Å². The molecule has 1 aromatic carbocycles. The first-order chi connectivity index (χ1) is 8.10. The van der Waals surface area contributed by atoms with Gasteiger partial charge in [0.05, 0.1) is 5.69 Å². The summed E-state index contributed by atoms with van der Waals surface area (Å²) in [5, 5.41) is 0. The van der Waals surface area contributed by atoms with Crippen LogP contribution in [0.25, 0.3) is 11.3 Å². The molecular weight excluding hydrogens is 212 g/mol. The molecule has 0 unspecified atom stereocenters. The van der Waals surface area contributed by atoms with E-state index in [1.807, 2.05) is 13.0 Å². The van der Waals surface area contributed by atoms with Gasteiger partial charge in [0.25, 0.3) is 0 Å². The quantitative estimate of drug-likeness (QED) is 0.611. The van der Waals surface area contributed by atoms with E-state index in [9.17, 15) is 0 Å². The molecule has 4 nitrogen and oxygen atoms in total. The Morgan fingerprint density at radius 1 is 1.00 bits per heavy atom. The lowest BCUT2D eigenvalue weighted by molar-refractivity contribution is 1.07. The van der Waals surface area contributed by atoms with Crippen molar-refractivity contribution in [2.24, 2.45) is 5.84 Å². The van der Waals surface area contributed by atoms with Crippen molar-refractivity contribution in [1.29, 1.82) is 0 Å². The minimum Gasteiger partial charge on any atom is -0.292 e. The molecule has 0 radical (unpaired) electrons. The van der Waals surface area contributed by atoms with E-state index in [1.165, 1.54) is 11.1 Å². The first-order valence-corrected chi connectivity index (χ1v) is 5.50. The maximum absolute atomic E-state index is 5.34. The molecule has 17 heavy (non-hydrogen) atoms. The summed E-state index contributed by atoms with van der Waals surface area (Å²) in [6, 6.07) is 8.23. The zero-order valence-corrected chi connectivity index (χ0v) is 10.3. The van der Waals surface area contributed by atoms with Crippen molar-refractivity contribution >= 4 is 5.95 Å². The Morgan fingerprint density at radius 2 is 1.76 bits per heavy atom. The highest BCUT2D eigenvalue weighted by Crippen LogP contribution is 2.21. The van der Waals surface area contributed by atoms with E-state index in [0.29, 0.717) is 5.95 Å². The van der Waals surface area contributed by atoms with Gasteiger partial charge >= 0.3 is 0 Å². The second-order valence-electron chi connectivity index (χ2n) is 4.16. The molecule has 0 amide bonds. The zero-order valence-electron chi connectivity index (χ0n) is 10.3. The van der Waals surface area contributed by atoms with Gasteiger partial charge in [0.1, 0.15) is 0 Å². The summed E-state index contributed by atoms with van der Waals surface area (Å²) in [5.74, 6) is 5.79. The Labute approximate surface area is 101 Å². The van der Waals surface area contributed by atoms with Gasteiger partial charge in [-0.25, -0.2) is 15.8 Å². The number of hydrazine groups is 1. The van der Waals surface area contributed by atoms with Gasteiger partial charge in [-0.2, -0.15) is 0 Å². The highest BCUT2D eigenvalue weighted by Gasteiger charge is 2.04. The van der Waals surface area contributed by atoms with Gasteiger partial charge in [-0.1, -0.05) is 12.1 Å². The van der Waals surface area contributed by atoms with E-state index in [2.05, 4.69) is 47.4 Å². The number of benzene rings is 1. The fourth-order valence-electron chi connectivity index (χ4n) is 1.68. The second kappa shape index (κ2) is 4.51. The number of nitrogen functional groups attached to an aromatic ring is 1. The lowest BCUT2D eigenvalue weighted by atomic mass is 10.0. The molecule has 2 rings (SSSR count). The zero-order chi connectivity index (χ0) is 12.4. The van der Waals surface area contributed by atoms with Gasteiger partial charge in [-0.05, 0) is 44.0 Å². The van der Waals surface area contributed by atoms with E-state index in [0.717, 1.165) is 17.0 Å². The number of nitrogens with one attached hydrogen (secondary N) is 1. The van der Waals surface area contributed by atoms with Gasteiger partial charge in [-0.15, -0.1) is 0 Å². The SMILES string of the molecule is Cc1cc(-c2ccc(C)c(C)c2)nc(NN)n1. The van der Waals surface area contributed by atoms with Crippen LogP contribution in [-0.4, -0.2) is 9.97 Å². The number of anilines is 1. The van der Waals surface area contributed by atoms with Crippen molar-refractivity contribution in [3.8, 4) is 11.3 Å². The molecule has 0 bridgehead atoms. The number of aryl methyl sites for hydroxylation is 3. The summed E-state index contributed by atoms with van der Waals surface area (Å²) in [6.07, 6.45) is 0. The summed E-state index contributed by atoms with van der Waals surface area (Å²) in [5.41, 5.74) is 7.86. The first-order valence-electron chi connectivity index (χ1n) is 5.50. The number of aromatic nitrogens is 2. The third-order valence-electron chi connectivity index (χ3n) is 2.79. The lowest BCUT2D eigenvalue weighted by Gasteiger charge is -2.07. The van der Waals surface area contributed by atoms with Crippen LogP contribution < -0.4 is 11.3 Å². The largest absolute Gasteiger partial charge is 0.292 e. The van der Waals surface area contributed by atoms with Crippen molar-refractivity contribution in [2.75, 3.05) is 5.43 Å². The van der Waals surface area contributed by atoms with E-state index < -0.39 is 0 Å². The maximum Gasteiger partial charge on any atom is 0.237 e. The molecule has 0 atom stereocenters. The fraction of sp³-hybridized carbons (Fsp3) is 0.231. The molecule has 2 aromatic rings. The van der Waals surface area contributed by atoms with Crippen LogP contribution in [0.5, 0.6) is 0 Å². The summed E-state index contributed by atoms with van der Waals surface area (Å²) in [7, 11) is 0. The molecule has 0 aliphatic heterocycles. The highest BCUT2D eigenvalue weighted by atomic mass is 15.3. The molecule has 3 N–H and O–H groups in total. The van der Waals surface area contributed by atoms with Gasteiger partial charge < -0.3 is 0 Å². The summed E-state index contributed by atoms with van der Waals surface area (Å²) in [4.78, 5) is 8.52. The molecule has 0 spiro atoms. The van der Waals surface area contributed by atoms with Crippen LogP contribution in [0.15, 0.2) is 24.3 Å². The molecule has 0 fully saturated rings. The summed E-state index contributed by atoms with van der Waals surface area (Å²) in [6.45, 7) is 6.11.